The van der Waals surface area contributed by atoms with Gasteiger partial charge in [-0.3, -0.25) is 0 Å². The molecule has 1 aromatic rings. The van der Waals surface area contributed by atoms with Crippen LogP contribution in [0, 0.1) is 5.82 Å². The van der Waals surface area contributed by atoms with E-state index >= 15 is 0 Å². The molecule has 2 nitrogen and oxygen atoms in total. The Kier molecular flexibility index (Phi) is 3.92. The maximum atomic E-state index is 13.7. The number of hydrogen-bond acceptors (Lipinski definition) is 2. The minimum atomic E-state index is -1.10. The van der Waals surface area contributed by atoms with Crippen LogP contribution >= 0.6 is 0 Å². The van der Waals surface area contributed by atoms with Crippen molar-refractivity contribution in [1.82, 2.24) is 0 Å². The van der Waals surface area contributed by atoms with E-state index in [1.807, 2.05) is 13.0 Å². The van der Waals surface area contributed by atoms with Crippen LogP contribution < -0.4 is 4.74 Å². The molecule has 0 radical (unpaired) electrons. The number of benzene rings is 1. The molecule has 1 N–H and O–H groups in total. The Morgan fingerprint density at radius 3 is 2.44 bits per heavy atom. The van der Waals surface area contributed by atoms with Gasteiger partial charge >= 0.3 is 0 Å². The number of halogens is 1. The Bertz CT molecular complexity index is 367. The van der Waals surface area contributed by atoms with Crippen molar-refractivity contribution in [2.75, 3.05) is 7.11 Å². The lowest BCUT2D eigenvalue weighted by molar-refractivity contribution is 0.0748. The van der Waals surface area contributed by atoms with Crippen molar-refractivity contribution < 1.29 is 14.2 Å². The smallest absolute Gasteiger partial charge is 0.165 e. The third kappa shape index (κ3) is 2.73. The van der Waals surface area contributed by atoms with Gasteiger partial charge < -0.3 is 9.84 Å². The highest BCUT2D eigenvalue weighted by Crippen LogP contribution is 2.33. The number of hydrogen-bond donors (Lipinski definition) is 1. The molecule has 0 saturated heterocycles. The van der Waals surface area contributed by atoms with E-state index in [0.29, 0.717) is 5.56 Å². The molecule has 0 spiro atoms. The second-order valence-corrected chi connectivity index (χ2v) is 4.47. The van der Waals surface area contributed by atoms with Crippen LogP contribution in [0.4, 0.5) is 4.39 Å². The van der Waals surface area contributed by atoms with E-state index in [4.69, 9.17) is 4.74 Å². The Labute approximate surface area is 96.1 Å². The zero-order chi connectivity index (χ0) is 12.3. The highest BCUT2D eigenvalue weighted by molar-refractivity contribution is 5.42. The second kappa shape index (κ2) is 4.83. The monoisotopic (exact) mass is 226 g/mol. The minimum absolute atomic E-state index is 0.132. The molecule has 0 unspecified atom stereocenters. The van der Waals surface area contributed by atoms with Gasteiger partial charge in [-0.1, -0.05) is 13.3 Å². The van der Waals surface area contributed by atoms with E-state index in [2.05, 4.69) is 0 Å². The third-order valence-corrected chi connectivity index (χ3v) is 2.51. The predicted molar refractivity (Wildman–Crippen MR) is 62.2 cm³/mol. The summed E-state index contributed by atoms with van der Waals surface area (Å²) in [5, 5.41) is 9.97. The normalized spacial score (nSPS) is 11.6. The SMILES string of the molecule is CCCc1cc(F)c(OC)c(C(C)(C)O)c1. The number of rotatable bonds is 4. The largest absolute Gasteiger partial charge is 0.493 e. The van der Waals surface area contributed by atoms with Gasteiger partial charge in [0.15, 0.2) is 11.6 Å². The molecule has 0 aliphatic carbocycles. The third-order valence-electron chi connectivity index (χ3n) is 2.51. The van der Waals surface area contributed by atoms with Gasteiger partial charge in [-0.05, 0) is 38.0 Å². The molecular formula is C13H19FO2. The Balaban J connectivity index is 3.31. The first-order valence-electron chi connectivity index (χ1n) is 5.49. The van der Waals surface area contributed by atoms with Crippen LogP contribution in [0.2, 0.25) is 0 Å². The van der Waals surface area contributed by atoms with Gasteiger partial charge in [0.05, 0.1) is 12.7 Å². The molecule has 16 heavy (non-hydrogen) atoms. The molecule has 0 aliphatic heterocycles. The summed E-state index contributed by atoms with van der Waals surface area (Å²) in [4.78, 5) is 0. The summed E-state index contributed by atoms with van der Waals surface area (Å²) in [6.45, 7) is 5.28. The number of aliphatic hydroxyl groups is 1. The van der Waals surface area contributed by atoms with Crippen LogP contribution in [-0.2, 0) is 12.0 Å². The minimum Gasteiger partial charge on any atom is -0.493 e. The van der Waals surface area contributed by atoms with Crippen LogP contribution in [0.25, 0.3) is 0 Å². The van der Waals surface area contributed by atoms with Gasteiger partial charge in [-0.2, -0.15) is 0 Å². The van der Waals surface area contributed by atoms with Crippen molar-refractivity contribution in [2.45, 2.75) is 39.2 Å². The second-order valence-electron chi connectivity index (χ2n) is 4.47. The zero-order valence-electron chi connectivity index (χ0n) is 10.3. The molecule has 0 heterocycles. The quantitative estimate of drug-likeness (QED) is 0.855. The fraction of sp³-hybridized carbons (Fsp3) is 0.538. The highest BCUT2D eigenvalue weighted by Gasteiger charge is 2.24. The van der Waals surface area contributed by atoms with Crippen molar-refractivity contribution in [3.05, 3.63) is 29.1 Å². The fourth-order valence-electron chi connectivity index (χ4n) is 1.74. The van der Waals surface area contributed by atoms with Crippen LogP contribution in [0.3, 0.4) is 0 Å². The van der Waals surface area contributed by atoms with Crippen LogP contribution in [-0.4, -0.2) is 12.2 Å². The average molecular weight is 226 g/mol. The molecule has 0 amide bonds. The standard InChI is InChI=1S/C13H19FO2/c1-5-6-9-7-10(13(2,3)15)12(16-4)11(14)8-9/h7-8,15H,5-6H2,1-4H3. The number of aryl methyl sites for hydroxylation is 1. The molecule has 90 valence electrons. The summed E-state index contributed by atoms with van der Waals surface area (Å²) < 4.78 is 18.7. The summed E-state index contributed by atoms with van der Waals surface area (Å²) in [5.74, 6) is -0.280. The predicted octanol–water partition coefficient (Wildman–Crippen LogP) is 3.01. The molecule has 3 heteroatoms. The van der Waals surface area contributed by atoms with E-state index < -0.39 is 11.4 Å². The first kappa shape index (κ1) is 13.0. The molecule has 1 aromatic carbocycles. The number of methoxy groups -OCH3 is 1. The summed E-state index contributed by atoms with van der Waals surface area (Å²) in [5.41, 5.74) is 0.284. The van der Waals surface area contributed by atoms with Crippen molar-refractivity contribution in [2.24, 2.45) is 0 Å². The first-order chi connectivity index (χ1) is 7.40. The van der Waals surface area contributed by atoms with Gasteiger partial charge in [0.2, 0.25) is 0 Å². The van der Waals surface area contributed by atoms with Crippen molar-refractivity contribution >= 4 is 0 Å². The molecule has 0 aromatic heterocycles. The van der Waals surface area contributed by atoms with Crippen LogP contribution in [0.15, 0.2) is 12.1 Å². The molecule has 1 rings (SSSR count). The van der Waals surface area contributed by atoms with Crippen molar-refractivity contribution in [3.63, 3.8) is 0 Å². The van der Waals surface area contributed by atoms with E-state index in [-0.39, 0.29) is 5.75 Å². The molecule has 0 fully saturated rings. The van der Waals surface area contributed by atoms with Gasteiger partial charge in [-0.25, -0.2) is 4.39 Å². The van der Waals surface area contributed by atoms with E-state index in [1.54, 1.807) is 13.8 Å². The van der Waals surface area contributed by atoms with E-state index in [1.165, 1.54) is 13.2 Å². The Morgan fingerprint density at radius 2 is 2.00 bits per heavy atom. The lowest BCUT2D eigenvalue weighted by Crippen LogP contribution is -2.18. The summed E-state index contributed by atoms with van der Waals surface area (Å²) >= 11 is 0. The van der Waals surface area contributed by atoms with Gasteiger partial charge in [0.25, 0.3) is 0 Å². The molecule has 0 aliphatic rings. The van der Waals surface area contributed by atoms with Gasteiger partial charge in [-0.15, -0.1) is 0 Å². The van der Waals surface area contributed by atoms with E-state index in [9.17, 15) is 9.50 Å². The summed E-state index contributed by atoms with van der Waals surface area (Å²) in [6, 6.07) is 3.28. The van der Waals surface area contributed by atoms with Crippen molar-refractivity contribution in [1.29, 1.82) is 0 Å². The van der Waals surface area contributed by atoms with Gasteiger partial charge in [0.1, 0.15) is 0 Å². The Hall–Kier alpha value is -1.09. The lowest BCUT2D eigenvalue weighted by Gasteiger charge is -2.22. The lowest BCUT2D eigenvalue weighted by atomic mass is 9.94. The molecular weight excluding hydrogens is 207 g/mol. The van der Waals surface area contributed by atoms with Crippen LogP contribution in [0.5, 0.6) is 5.75 Å². The fourth-order valence-corrected chi connectivity index (χ4v) is 1.74. The topological polar surface area (TPSA) is 29.5 Å². The average Bonchev–Trinajstić information content (AvgIpc) is 2.16. The van der Waals surface area contributed by atoms with Crippen molar-refractivity contribution in [3.8, 4) is 5.75 Å². The van der Waals surface area contributed by atoms with E-state index in [0.717, 1.165) is 18.4 Å². The maximum Gasteiger partial charge on any atom is 0.165 e. The number of ether oxygens (including phenoxy) is 1. The molecule has 0 atom stereocenters. The molecule has 0 saturated carbocycles. The molecule has 0 bridgehead atoms. The summed E-state index contributed by atoms with van der Waals surface area (Å²) in [6.07, 6.45) is 1.74. The summed E-state index contributed by atoms with van der Waals surface area (Å²) in [7, 11) is 1.41. The van der Waals surface area contributed by atoms with Gasteiger partial charge in [0, 0.05) is 5.56 Å². The first-order valence-corrected chi connectivity index (χ1v) is 5.49. The Morgan fingerprint density at radius 1 is 1.38 bits per heavy atom. The maximum absolute atomic E-state index is 13.7. The zero-order valence-corrected chi connectivity index (χ0v) is 10.3. The highest BCUT2D eigenvalue weighted by atomic mass is 19.1. The van der Waals surface area contributed by atoms with Crippen LogP contribution in [0.1, 0.15) is 38.3 Å².